The highest BCUT2D eigenvalue weighted by Gasteiger charge is 2.38. The number of aliphatic hydroxyl groups is 1. The van der Waals surface area contributed by atoms with Gasteiger partial charge in [-0.05, 0) is 44.6 Å². The van der Waals surface area contributed by atoms with Crippen molar-refractivity contribution < 1.29 is 14.0 Å². The zero-order valence-corrected chi connectivity index (χ0v) is 13.7. The SMILES string of the molecule is Cl.[2H]C([2H])([2H])Oc1ccc(C(CN(C)C)C2(O)CCCCC2)cc1. The second-order valence-corrected chi connectivity index (χ2v) is 6.15. The number of hydrogen-bond acceptors (Lipinski definition) is 3. The lowest BCUT2D eigenvalue weighted by atomic mass is 9.72. The van der Waals surface area contributed by atoms with Crippen molar-refractivity contribution in [3.63, 3.8) is 0 Å². The van der Waals surface area contributed by atoms with Crippen LogP contribution in [0.3, 0.4) is 0 Å². The number of benzene rings is 1. The summed E-state index contributed by atoms with van der Waals surface area (Å²) < 4.78 is 26.4. The first kappa shape index (κ1) is 13.9. The average molecular weight is 317 g/mol. The summed E-state index contributed by atoms with van der Waals surface area (Å²) in [5.74, 6) is 0.340. The van der Waals surface area contributed by atoms with Crippen LogP contribution >= 0.6 is 12.4 Å². The largest absolute Gasteiger partial charge is 0.497 e. The Hall–Kier alpha value is -0.770. The van der Waals surface area contributed by atoms with Gasteiger partial charge in [-0.25, -0.2) is 0 Å². The van der Waals surface area contributed by atoms with E-state index in [2.05, 4.69) is 4.90 Å². The van der Waals surface area contributed by atoms with Gasteiger partial charge in [0.25, 0.3) is 0 Å². The van der Waals surface area contributed by atoms with Crippen LogP contribution in [0.15, 0.2) is 24.3 Å². The predicted molar refractivity (Wildman–Crippen MR) is 89.6 cm³/mol. The Kier molecular flexibility index (Phi) is 5.29. The number of likely N-dealkylation sites (N-methyl/N-ethyl adjacent to an activating group) is 1. The molecule has 1 N–H and O–H groups in total. The molecule has 1 atom stereocenters. The third kappa shape index (κ3) is 4.60. The zero-order chi connectivity index (χ0) is 17.1. The van der Waals surface area contributed by atoms with Crippen LogP contribution < -0.4 is 4.74 Å². The fraction of sp³-hybridized carbons (Fsp3) is 0.647. The number of nitrogens with zero attached hydrogens (tertiary/aromatic N) is 1. The molecule has 1 aliphatic carbocycles. The molecule has 120 valence electrons. The van der Waals surface area contributed by atoms with Crippen LogP contribution in [0, 0.1) is 0 Å². The van der Waals surface area contributed by atoms with Crippen molar-refractivity contribution in [2.75, 3.05) is 27.7 Å². The highest BCUT2D eigenvalue weighted by Crippen LogP contribution is 2.40. The summed E-state index contributed by atoms with van der Waals surface area (Å²) in [7, 11) is 1.57. The van der Waals surface area contributed by atoms with Gasteiger partial charge >= 0.3 is 0 Å². The van der Waals surface area contributed by atoms with Crippen LogP contribution in [-0.4, -0.2) is 43.3 Å². The highest BCUT2D eigenvalue weighted by molar-refractivity contribution is 5.85. The van der Waals surface area contributed by atoms with E-state index in [4.69, 9.17) is 8.85 Å². The van der Waals surface area contributed by atoms with Crippen molar-refractivity contribution in [2.45, 2.75) is 43.6 Å². The van der Waals surface area contributed by atoms with Crippen LogP contribution in [0.4, 0.5) is 0 Å². The molecule has 4 heteroatoms. The molecule has 1 saturated carbocycles. The fourth-order valence-electron chi connectivity index (χ4n) is 3.23. The molecule has 0 saturated heterocycles. The van der Waals surface area contributed by atoms with Gasteiger partial charge in [-0.1, -0.05) is 31.4 Å². The van der Waals surface area contributed by atoms with E-state index in [-0.39, 0.29) is 18.3 Å². The van der Waals surface area contributed by atoms with Crippen molar-refractivity contribution >= 4 is 12.4 Å². The fourth-order valence-corrected chi connectivity index (χ4v) is 3.23. The molecule has 0 aromatic heterocycles. The number of halogens is 1. The number of rotatable bonds is 5. The van der Waals surface area contributed by atoms with E-state index >= 15 is 0 Å². The van der Waals surface area contributed by atoms with Crippen LogP contribution in [-0.2, 0) is 0 Å². The summed E-state index contributed by atoms with van der Waals surface area (Å²) in [6, 6.07) is 7.11. The third-order valence-electron chi connectivity index (χ3n) is 4.32. The molecule has 3 nitrogen and oxygen atoms in total. The van der Waals surface area contributed by atoms with E-state index in [1.807, 2.05) is 26.2 Å². The van der Waals surface area contributed by atoms with Crippen LogP contribution in [0.1, 0.15) is 47.7 Å². The average Bonchev–Trinajstić information content (AvgIpc) is 2.45. The molecule has 1 aromatic carbocycles. The van der Waals surface area contributed by atoms with Crippen molar-refractivity contribution in [3.05, 3.63) is 29.8 Å². The molecule has 1 aromatic rings. The van der Waals surface area contributed by atoms with Gasteiger partial charge in [-0.3, -0.25) is 0 Å². The van der Waals surface area contributed by atoms with E-state index in [0.717, 1.165) is 37.8 Å². The molecule has 1 unspecified atom stereocenters. The lowest BCUT2D eigenvalue weighted by molar-refractivity contribution is -0.0277. The van der Waals surface area contributed by atoms with Gasteiger partial charge in [0, 0.05) is 12.5 Å². The molecule has 0 radical (unpaired) electrons. The number of ether oxygens (including phenoxy) is 1. The Morgan fingerprint density at radius 3 is 2.38 bits per heavy atom. The first-order valence-electron chi connectivity index (χ1n) is 8.86. The summed E-state index contributed by atoms with van der Waals surface area (Å²) >= 11 is 0. The maximum atomic E-state index is 11.1. The molecule has 1 aliphatic rings. The Morgan fingerprint density at radius 2 is 1.86 bits per heavy atom. The Labute approximate surface area is 138 Å². The molecule has 21 heavy (non-hydrogen) atoms. The summed E-state index contributed by atoms with van der Waals surface area (Å²) in [6.07, 6.45) is 4.93. The predicted octanol–water partition coefficient (Wildman–Crippen LogP) is 3.46. The minimum atomic E-state index is -2.44. The van der Waals surface area contributed by atoms with Gasteiger partial charge in [0.15, 0.2) is 0 Å². The Balaban J connectivity index is 0.00000288. The zero-order valence-electron chi connectivity index (χ0n) is 15.8. The van der Waals surface area contributed by atoms with E-state index < -0.39 is 12.6 Å². The lowest BCUT2D eigenvalue weighted by Crippen LogP contribution is -2.42. The molecule has 0 aliphatic heterocycles. The van der Waals surface area contributed by atoms with Gasteiger partial charge in [-0.2, -0.15) is 0 Å². The highest BCUT2D eigenvalue weighted by atomic mass is 35.5. The van der Waals surface area contributed by atoms with Crippen molar-refractivity contribution in [1.29, 1.82) is 0 Å². The van der Waals surface area contributed by atoms with Crippen molar-refractivity contribution in [2.24, 2.45) is 0 Å². The number of hydrogen-bond donors (Lipinski definition) is 1. The minimum absolute atomic E-state index is 0. The molecule has 0 bridgehead atoms. The standard InChI is InChI=1S/C17H27NO2.ClH/c1-18(2)13-16(17(19)11-5-4-6-12-17)14-7-9-15(20-3)10-8-14;/h7-10,16,19H,4-6,11-13H2,1-3H3;1H/i3D3;. The van der Waals surface area contributed by atoms with E-state index in [1.165, 1.54) is 6.42 Å². The molecule has 1 fully saturated rings. The minimum Gasteiger partial charge on any atom is -0.497 e. The summed E-state index contributed by atoms with van der Waals surface area (Å²) in [5.41, 5.74) is 0.343. The summed E-state index contributed by atoms with van der Waals surface area (Å²) in [4.78, 5) is 2.09. The molecule has 0 heterocycles. The van der Waals surface area contributed by atoms with Crippen LogP contribution in [0.5, 0.6) is 5.75 Å². The maximum absolute atomic E-state index is 11.1. The Bertz CT molecular complexity index is 500. The molecule has 0 amide bonds. The van der Waals surface area contributed by atoms with Crippen LogP contribution in [0.25, 0.3) is 0 Å². The van der Waals surface area contributed by atoms with Gasteiger partial charge in [0.1, 0.15) is 5.75 Å². The van der Waals surface area contributed by atoms with E-state index in [1.54, 1.807) is 12.1 Å². The Morgan fingerprint density at radius 1 is 1.24 bits per heavy atom. The van der Waals surface area contributed by atoms with E-state index in [9.17, 15) is 5.11 Å². The third-order valence-corrected chi connectivity index (χ3v) is 4.32. The second-order valence-electron chi connectivity index (χ2n) is 6.15. The topological polar surface area (TPSA) is 32.7 Å². The summed E-state index contributed by atoms with van der Waals surface area (Å²) in [5, 5.41) is 11.1. The molecular formula is C17H28ClNO2. The quantitative estimate of drug-likeness (QED) is 0.903. The molecule has 0 spiro atoms. The van der Waals surface area contributed by atoms with Crippen molar-refractivity contribution in [1.82, 2.24) is 4.90 Å². The monoisotopic (exact) mass is 316 g/mol. The lowest BCUT2D eigenvalue weighted by Gasteiger charge is -2.40. The first-order chi connectivity index (χ1) is 10.7. The van der Waals surface area contributed by atoms with Crippen LogP contribution in [0.2, 0.25) is 0 Å². The van der Waals surface area contributed by atoms with E-state index in [0.29, 0.717) is 5.75 Å². The molecular weight excluding hydrogens is 286 g/mol. The maximum Gasteiger partial charge on any atom is 0.118 e. The van der Waals surface area contributed by atoms with Crippen molar-refractivity contribution in [3.8, 4) is 5.75 Å². The number of methoxy groups -OCH3 is 1. The summed E-state index contributed by atoms with van der Waals surface area (Å²) in [6.45, 7) is 0.760. The smallest absolute Gasteiger partial charge is 0.118 e. The van der Waals surface area contributed by atoms with Gasteiger partial charge in [-0.15, -0.1) is 12.4 Å². The molecule has 2 rings (SSSR count). The van der Waals surface area contributed by atoms with Gasteiger partial charge in [0.2, 0.25) is 0 Å². The normalized spacial score (nSPS) is 21.6. The first-order valence-corrected chi connectivity index (χ1v) is 7.36. The van der Waals surface area contributed by atoms with Gasteiger partial charge in [0.05, 0.1) is 16.8 Å². The van der Waals surface area contributed by atoms with Gasteiger partial charge < -0.3 is 14.7 Å². The second kappa shape index (κ2) is 8.02.